The van der Waals surface area contributed by atoms with Gasteiger partial charge < -0.3 is 4.90 Å². The molecule has 0 fully saturated rings. The molecule has 0 radical (unpaired) electrons. The second kappa shape index (κ2) is 4.23. The molecule has 0 aliphatic carbocycles. The Labute approximate surface area is 95.6 Å². The predicted octanol–water partition coefficient (Wildman–Crippen LogP) is 3.21. The Bertz CT molecular complexity index is 368. The van der Waals surface area contributed by atoms with Crippen molar-refractivity contribution in [1.29, 1.82) is 0 Å². The molecular formula is C12H15ClN2. The zero-order chi connectivity index (χ0) is 10.8. The van der Waals surface area contributed by atoms with Crippen LogP contribution in [0.4, 0.5) is 5.69 Å². The lowest BCUT2D eigenvalue weighted by Crippen LogP contribution is -2.30. The molecule has 1 aliphatic rings. The van der Waals surface area contributed by atoms with Crippen molar-refractivity contribution in [2.45, 2.75) is 13.8 Å². The molecule has 2 rings (SSSR count). The number of halogens is 1. The van der Waals surface area contributed by atoms with Crippen LogP contribution in [0.2, 0.25) is 5.02 Å². The van der Waals surface area contributed by atoms with E-state index in [0.717, 1.165) is 18.1 Å². The number of amidine groups is 1. The number of hydrogen-bond donors (Lipinski definition) is 0. The fourth-order valence-corrected chi connectivity index (χ4v) is 1.97. The summed E-state index contributed by atoms with van der Waals surface area (Å²) < 4.78 is 0. The van der Waals surface area contributed by atoms with Gasteiger partial charge in [-0.1, -0.05) is 25.4 Å². The van der Waals surface area contributed by atoms with Crippen molar-refractivity contribution in [3.63, 3.8) is 0 Å². The van der Waals surface area contributed by atoms with Crippen LogP contribution >= 0.6 is 11.6 Å². The van der Waals surface area contributed by atoms with E-state index in [1.165, 1.54) is 11.5 Å². The van der Waals surface area contributed by atoms with Crippen molar-refractivity contribution in [3.8, 4) is 0 Å². The number of nitrogens with zero attached hydrogens (tertiary/aromatic N) is 2. The number of benzene rings is 1. The van der Waals surface area contributed by atoms with Crippen LogP contribution in [-0.4, -0.2) is 18.9 Å². The van der Waals surface area contributed by atoms with Gasteiger partial charge in [0.2, 0.25) is 0 Å². The SMILES string of the molecule is CC(C)C1=NCCN1c1ccc(Cl)cc1. The highest BCUT2D eigenvalue weighted by atomic mass is 35.5. The molecule has 0 spiro atoms. The fraction of sp³-hybridized carbons (Fsp3) is 0.417. The Kier molecular flexibility index (Phi) is 2.96. The molecule has 0 N–H and O–H groups in total. The van der Waals surface area contributed by atoms with Crippen LogP contribution in [0.5, 0.6) is 0 Å². The predicted molar refractivity (Wildman–Crippen MR) is 65.9 cm³/mol. The van der Waals surface area contributed by atoms with Gasteiger partial charge in [-0.05, 0) is 24.3 Å². The molecule has 0 unspecified atom stereocenters. The van der Waals surface area contributed by atoms with Crippen LogP contribution in [0.1, 0.15) is 13.8 Å². The van der Waals surface area contributed by atoms with E-state index < -0.39 is 0 Å². The Morgan fingerprint density at radius 1 is 1.27 bits per heavy atom. The molecule has 15 heavy (non-hydrogen) atoms. The molecule has 1 aromatic rings. The quantitative estimate of drug-likeness (QED) is 0.750. The maximum absolute atomic E-state index is 5.87. The van der Waals surface area contributed by atoms with Crippen LogP contribution in [0, 0.1) is 5.92 Å². The van der Waals surface area contributed by atoms with Gasteiger partial charge in [0.25, 0.3) is 0 Å². The minimum Gasteiger partial charge on any atom is -0.328 e. The van der Waals surface area contributed by atoms with E-state index in [0.29, 0.717) is 5.92 Å². The first kappa shape index (κ1) is 10.5. The summed E-state index contributed by atoms with van der Waals surface area (Å²) in [6.07, 6.45) is 0. The zero-order valence-corrected chi connectivity index (χ0v) is 9.83. The van der Waals surface area contributed by atoms with Crippen LogP contribution in [0.3, 0.4) is 0 Å². The lowest BCUT2D eigenvalue weighted by atomic mass is 10.1. The van der Waals surface area contributed by atoms with Crippen LogP contribution < -0.4 is 4.90 Å². The molecule has 0 atom stereocenters. The summed E-state index contributed by atoms with van der Waals surface area (Å²) in [5, 5.41) is 0.779. The van der Waals surface area contributed by atoms with Gasteiger partial charge in [-0.15, -0.1) is 0 Å². The standard InChI is InChI=1S/C12H15ClN2/c1-9(2)12-14-7-8-15(12)11-5-3-10(13)4-6-11/h3-6,9H,7-8H2,1-2H3. The topological polar surface area (TPSA) is 15.6 Å². The van der Waals surface area contributed by atoms with Crippen molar-refractivity contribution in [3.05, 3.63) is 29.3 Å². The molecule has 0 saturated heterocycles. The molecule has 2 nitrogen and oxygen atoms in total. The molecule has 0 amide bonds. The van der Waals surface area contributed by atoms with E-state index in [1.54, 1.807) is 0 Å². The minimum atomic E-state index is 0.475. The van der Waals surface area contributed by atoms with Crippen LogP contribution in [0.25, 0.3) is 0 Å². The van der Waals surface area contributed by atoms with Gasteiger partial charge in [-0.2, -0.15) is 0 Å². The number of anilines is 1. The molecule has 80 valence electrons. The van der Waals surface area contributed by atoms with Crippen LogP contribution in [0.15, 0.2) is 29.3 Å². The Balaban J connectivity index is 2.24. The largest absolute Gasteiger partial charge is 0.328 e. The van der Waals surface area contributed by atoms with Gasteiger partial charge in [0.15, 0.2) is 0 Å². The first-order valence-corrected chi connectivity index (χ1v) is 5.63. The third-order valence-electron chi connectivity index (χ3n) is 2.53. The van der Waals surface area contributed by atoms with E-state index >= 15 is 0 Å². The van der Waals surface area contributed by atoms with Gasteiger partial charge in [0.05, 0.1) is 6.54 Å². The second-order valence-electron chi connectivity index (χ2n) is 4.02. The van der Waals surface area contributed by atoms with Crippen molar-refractivity contribution in [2.75, 3.05) is 18.0 Å². The Morgan fingerprint density at radius 3 is 2.53 bits per heavy atom. The third-order valence-corrected chi connectivity index (χ3v) is 2.78. The van der Waals surface area contributed by atoms with Gasteiger partial charge in [0, 0.05) is 23.2 Å². The van der Waals surface area contributed by atoms with E-state index in [2.05, 4.69) is 23.7 Å². The zero-order valence-electron chi connectivity index (χ0n) is 9.07. The molecular weight excluding hydrogens is 208 g/mol. The fourth-order valence-electron chi connectivity index (χ4n) is 1.84. The monoisotopic (exact) mass is 222 g/mol. The highest BCUT2D eigenvalue weighted by Crippen LogP contribution is 2.22. The smallest absolute Gasteiger partial charge is 0.106 e. The lowest BCUT2D eigenvalue weighted by molar-refractivity contribution is 0.864. The van der Waals surface area contributed by atoms with Crippen LogP contribution in [-0.2, 0) is 0 Å². The number of hydrogen-bond acceptors (Lipinski definition) is 2. The van der Waals surface area contributed by atoms with Crippen molar-refractivity contribution >= 4 is 23.1 Å². The highest BCUT2D eigenvalue weighted by Gasteiger charge is 2.20. The van der Waals surface area contributed by atoms with Gasteiger partial charge in [-0.25, -0.2) is 0 Å². The highest BCUT2D eigenvalue weighted by molar-refractivity contribution is 6.30. The first-order chi connectivity index (χ1) is 7.18. The Morgan fingerprint density at radius 2 is 1.93 bits per heavy atom. The summed E-state index contributed by atoms with van der Waals surface area (Å²) in [5.41, 5.74) is 1.18. The summed E-state index contributed by atoms with van der Waals surface area (Å²) in [6.45, 7) is 6.23. The van der Waals surface area contributed by atoms with Crippen molar-refractivity contribution < 1.29 is 0 Å². The van der Waals surface area contributed by atoms with E-state index in [9.17, 15) is 0 Å². The van der Waals surface area contributed by atoms with Gasteiger partial charge in [0.1, 0.15) is 5.84 Å². The summed E-state index contributed by atoms with van der Waals surface area (Å²) in [7, 11) is 0. The maximum atomic E-state index is 5.87. The maximum Gasteiger partial charge on any atom is 0.106 e. The van der Waals surface area contributed by atoms with Gasteiger partial charge >= 0.3 is 0 Å². The lowest BCUT2D eigenvalue weighted by Gasteiger charge is -2.22. The van der Waals surface area contributed by atoms with Crippen molar-refractivity contribution in [1.82, 2.24) is 0 Å². The molecule has 0 saturated carbocycles. The molecule has 1 aromatic carbocycles. The second-order valence-corrected chi connectivity index (χ2v) is 4.46. The third kappa shape index (κ3) is 2.15. The normalized spacial score (nSPS) is 16.0. The van der Waals surface area contributed by atoms with E-state index in [4.69, 9.17) is 11.6 Å². The average Bonchev–Trinajstić information content (AvgIpc) is 2.67. The first-order valence-electron chi connectivity index (χ1n) is 5.26. The molecule has 0 aromatic heterocycles. The average molecular weight is 223 g/mol. The van der Waals surface area contributed by atoms with Crippen molar-refractivity contribution in [2.24, 2.45) is 10.9 Å². The summed E-state index contributed by atoms with van der Waals surface area (Å²) in [6, 6.07) is 7.94. The van der Waals surface area contributed by atoms with Gasteiger partial charge in [-0.3, -0.25) is 4.99 Å². The number of rotatable bonds is 2. The molecule has 1 aliphatic heterocycles. The summed E-state index contributed by atoms with van der Waals surface area (Å²) in [4.78, 5) is 6.79. The molecule has 3 heteroatoms. The number of aliphatic imine (C=N–C) groups is 1. The summed E-state index contributed by atoms with van der Waals surface area (Å²) in [5.74, 6) is 1.65. The molecule has 1 heterocycles. The molecule has 0 bridgehead atoms. The Hall–Kier alpha value is -1.02. The minimum absolute atomic E-state index is 0.475. The van der Waals surface area contributed by atoms with E-state index in [1.807, 2.05) is 24.3 Å². The summed E-state index contributed by atoms with van der Waals surface area (Å²) >= 11 is 5.87. The van der Waals surface area contributed by atoms with E-state index in [-0.39, 0.29) is 0 Å².